The van der Waals surface area contributed by atoms with Gasteiger partial charge in [0.1, 0.15) is 5.75 Å². The van der Waals surface area contributed by atoms with E-state index in [1.807, 2.05) is 43.3 Å². The molecule has 3 nitrogen and oxygen atoms in total. The van der Waals surface area contributed by atoms with Gasteiger partial charge < -0.3 is 10.1 Å². The second kappa shape index (κ2) is 5.70. The number of aryl methyl sites for hydroxylation is 1. The van der Waals surface area contributed by atoms with Gasteiger partial charge >= 0.3 is 0 Å². The van der Waals surface area contributed by atoms with Crippen LogP contribution in [-0.2, 0) is 4.79 Å². The molecule has 0 saturated carbocycles. The van der Waals surface area contributed by atoms with E-state index in [2.05, 4.69) is 21.2 Å². The van der Waals surface area contributed by atoms with E-state index in [-0.39, 0.29) is 17.9 Å². The van der Waals surface area contributed by atoms with Crippen molar-refractivity contribution < 1.29 is 9.53 Å². The van der Waals surface area contributed by atoms with Crippen LogP contribution in [0.4, 0.5) is 5.69 Å². The molecule has 0 aromatic heterocycles. The van der Waals surface area contributed by atoms with Gasteiger partial charge in [0, 0.05) is 4.47 Å². The minimum absolute atomic E-state index is 0.0556. The number of hydrogen-bond acceptors (Lipinski definition) is 2. The Labute approximate surface area is 136 Å². The van der Waals surface area contributed by atoms with Crippen LogP contribution < -0.4 is 10.1 Å². The molecule has 1 aliphatic heterocycles. The van der Waals surface area contributed by atoms with Crippen LogP contribution in [-0.4, -0.2) is 12.5 Å². The van der Waals surface area contributed by atoms with E-state index in [0.29, 0.717) is 11.4 Å². The fraction of sp³-hybridized carbons (Fsp3) is 0.188. The van der Waals surface area contributed by atoms with Gasteiger partial charge in [0.25, 0.3) is 5.91 Å². The van der Waals surface area contributed by atoms with Crippen LogP contribution in [0.3, 0.4) is 0 Å². The summed E-state index contributed by atoms with van der Waals surface area (Å²) >= 11 is 10.2. The molecule has 1 atom stereocenters. The molecule has 1 amide bonds. The number of hydrogen-bond donors (Lipinski definition) is 1. The molecule has 0 aliphatic carbocycles. The van der Waals surface area contributed by atoms with Gasteiger partial charge in [-0.3, -0.25) is 4.79 Å². The highest BCUT2D eigenvalue weighted by Gasteiger charge is 2.20. The first-order chi connectivity index (χ1) is 10.1. The molecule has 1 heterocycles. The van der Waals surface area contributed by atoms with E-state index >= 15 is 0 Å². The Hall–Kier alpha value is -1.52. The van der Waals surface area contributed by atoms with E-state index in [1.165, 1.54) is 0 Å². The van der Waals surface area contributed by atoms with Gasteiger partial charge in [-0.2, -0.15) is 0 Å². The Bertz CT molecular complexity index is 717. The molecule has 3 rings (SSSR count). The Morgan fingerprint density at radius 2 is 2.14 bits per heavy atom. The number of amides is 1. The predicted molar refractivity (Wildman–Crippen MR) is 87.1 cm³/mol. The van der Waals surface area contributed by atoms with E-state index < -0.39 is 0 Å². The first kappa shape index (κ1) is 14.4. The SMILES string of the molecule is Cc1cccc(C(Cl)c2ccc3c(c2)NC(=O)CO3)c1Br. The minimum Gasteiger partial charge on any atom is -0.482 e. The van der Waals surface area contributed by atoms with Gasteiger partial charge in [-0.15, -0.1) is 11.6 Å². The molecule has 1 aliphatic rings. The van der Waals surface area contributed by atoms with Gasteiger partial charge in [0.2, 0.25) is 0 Å². The molecule has 108 valence electrons. The molecule has 0 spiro atoms. The van der Waals surface area contributed by atoms with Crippen LogP contribution in [0.1, 0.15) is 22.1 Å². The number of benzene rings is 2. The molecular weight excluding hydrogens is 354 g/mol. The average Bonchev–Trinajstić information content (AvgIpc) is 2.48. The van der Waals surface area contributed by atoms with Crippen LogP contribution in [0.2, 0.25) is 0 Å². The van der Waals surface area contributed by atoms with E-state index in [9.17, 15) is 4.79 Å². The van der Waals surface area contributed by atoms with Crippen molar-refractivity contribution in [2.45, 2.75) is 12.3 Å². The largest absolute Gasteiger partial charge is 0.482 e. The summed E-state index contributed by atoms with van der Waals surface area (Å²) in [6.45, 7) is 2.08. The van der Waals surface area contributed by atoms with Gasteiger partial charge in [-0.25, -0.2) is 0 Å². The van der Waals surface area contributed by atoms with Crippen molar-refractivity contribution in [1.29, 1.82) is 0 Å². The third-order valence-corrected chi connectivity index (χ3v) is 4.99. The maximum atomic E-state index is 11.4. The molecule has 0 saturated heterocycles. The second-order valence-corrected chi connectivity index (χ2v) is 6.16. The Morgan fingerprint density at radius 1 is 1.33 bits per heavy atom. The molecule has 21 heavy (non-hydrogen) atoms. The molecule has 2 aromatic carbocycles. The third-order valence-electron chi connectivity index (χ3n) is 3.42. The second-order valence-electron chi connectivity index (χ2n) is 4.93. The summed E-state index contributed by atoms with van der Waals surface area (Å²) < 4.78 is 6.36. The normalized spacial score (nSPS) is 14.9. The molecule has 0 fully saturated rings. The standard InChI is InChI=1S/C16H13BrClNO2/c1-9-3-2-4-11(15(9)17)16(18)10-5-6-13-12(7-10)19-14(20)8-21-13/h2-7,16H,8H2,1H3,(H,19,20). The number of ether oxygens (including phenoxy) is 1. The number of halogens is 2. The van der Waals surface area contributed by atoms with E-state index in [4.69, 9.17) is 16.3 Å². The third kappa shape index (κ3) is 2.78. The molecule has 1 unspecified atom stereocenters. The van der Waals surface area contributed by atoms with Crippen molar-refractivity contribution >= 4 is 39.1 Å². The smallest absolute Gasteiger partial charge is 0.262 e. The van der Waals surface area contributed by atoms with Crippen molar-refractivity contribution in [2.24, 2.45) is 0 Å². The zero-order valence-corrected chi connectivity index (χ0v) is 13.7. The Balaban J connectivity index is 1.98. The average molecular weight is 367 g/mol. The number of alkyl halides is 1. The first-order valence-corrected chi connectivity index (χ1v) is 7.75. The zero-order valence-electron chi connectivity index (χ0n) is 11.3. The maximum absolute atomic E-state index is 11.4. The highest BCUT2D eigenvalue weighted by Crippen LogP contribution is 2.38. The van der Waals surface area contributed by atoms with Crippen LogP contribution >= 0.6 is 27.5 Å². The van der Waals surface area contributed by atoms with Crippen molar-refractivity contribution in [3.63, 3.8) is 0 Å². The number of fused-ring (bicyclic) bond motifs is 1. The van der Waals surface area contributed by atoms with Crippen molar-refractivity contribution in [3.05, 3.63) is 57.6 Å². The van der Waals surface area contributed by atoms with Crippen molar-refractivity contribution in [3.8, 4) is 5.75 Å². The van der Waals surface area contributed by atoms with E-state index in [0.717, 1.165) is 21.2 Å². The quantitative estimate of drug-likeness (QED) is 0.799. The predicted octanol–water partition coefficient (Wildman–Crippen LogP) is 4.42. The topological polar surface area (TPSA) is 38.3 Å². The first-order valence-electron chi connectivity index (χ1n) is 6.52. The van der Waals surface area contributed by atoms with E-state index in [1.54, 1.807) is 0 Å². The van der Waals surface area contributed by atoms with Crippen LogP contribution in [0.15, 0.2) is 40.9 Å². The molecular formula is C16H13BrClNO2. The Morgan fingerprint density at radius 3 is 2.95 bits per heavy atom. The lowest BCUT2D eigenvalue weighted by atomic mass is 10.0. The molecule has 0 bridgehead atoms. The highest BCUT2D eigenvalue weighted by atomic mass is 79.9. The molecule has 0 radical (unpaired) electrons. The van der Waals surface area contributed by atoms with Crippen LogP contribution in [0.25, 0.3) is 0 Å². The summed E-state index contributed by atoms with van der Waals surface area (Å²) in [5.74, 6) is 0.521. The summed E-state index contributed by atoms with van der Waals surface area (Å²) in [6.07, 6.45) is 0. The van der Waals surface area contributed by atoms with Crippen LogP contribution in [0, 0.1) is 6.92 Å². The fourth-order valence-electron chi connectivity index (χ4n) is 2.30. The molecule has 5 heteroatoms. The number of carbonyl (C=O) groups excluding carboxylic acids is 1. The lowest BCUT2D eigenvalue weighted by Crippen LogP contribution is -2.25. The van der Waals surface area contributed by atoms with Crippen LogP contribution in [0.5, 0.6) is 5.75 Å². The maximum Gasteiger partial charge on any atom is 0.262 e. The fourth-order valence-corrected chi connectivity index (χ4v) is 3.25. The summed E-state index contributed by atoms with van der Waals surface area (Å²) in [5.41, 5.74) is 3.71. The monoisotopic (exact) mass is 365 g/mol. The molecule has 1 N–H and O–H groups in total. The van der Waals surface area contributed by atoms with Crippen molar-refractivity contribution in [1.82, 2.24) is 0 Å². The summed E-state index contributed by atoms with van der Waals surface area (Å²) in [5, 5.41) is 2.50. The zero-order chi connectivity index (χ0) is 15.0. The minimum atomic E-state index is -0.302. The van der Waals surface area contributed by atoms with Crippen molar-refractivity contribution in [2.75, 3.05) is 11.9 Å². The van der Waals surface area contributed by atoms with Gasteiger partial charge in [0.15, 0.2) is 6.61 Å². The number of rotatable bonds is 2. The van der Waals surface area contributed by atoms with Gasteiger partial charge in [-0.1, -0.05) is 40.2 Å². The summed E-state index contributed by atoms with van der Waals surface area (Å²) in [7, 11) is 0. The number of anilines is 1. The summed E-state index contributed by atoms with van der Waals surface area (Å²) in [4.78, 5) is 11.4. The Kier molecular flexibility index (Phi) is 3.91. The van der Waals surface area contributed by atoms with Gasteiger partial charge in [-0.05, 0) is 35.7 Å². The highest BCUT2D eigenvalue weighted by molar-refractivity contribution is 9.10. The summed E-state index contributed by atoms with van der Waals surface area (Å²) in [6, 6.07) is 11.6. The number of nitrogens with one attached hydrogen (secondary N) is 1. The van der Waals surface area contributed by atoms with Gasteiger partial charge in [0.05, 0.1) is 11.1 Å². The number of carbonyl (C=O) groups is 1. The lowest BCUT2D eigenvalue weighted by Gasteiger charge is -2.20. The lowest BCUT2D eigenvalue weighted by molar-refractivity contribution is -0.118. The molecule has 2 aromatic rings.